The van der Waals surface area contributed by atoms with Crippen LogP contribution in [0.3, 0.4) is 0 Å². The maximum absolute atomic E-state index is 2.37. The molecule has 13 aromatic rings. The van der Waals surface area contributed by atoms with Crippen LogP contribution in [-0.2, 0) is 0 Å². The summed E-state index contributed by atoms with van der Waals surface area (Å²) in [6.45, 7) is 0. The molecule has 0 unspecified atom stereocenters. The zero-order valence-corrected chi connectivity index (χ0v) is 38.3. The topological polar surface area (TPSA) is 16.3 Å². The molecule has 70 heavy (non-hydrogen) atoms. The van der Waals surface area contributed by atoms with Gasteiger partial charge in [0.15, 0.2) is 0 Å². The number of fused-ring (bicyclic) bond motifs is 6. The van der Waals surface area contributed by atoms with Crippen LogP contribution in [0.5, 0.6) is 0 Å². The Hall–Kier alpha value is -9.38. The number of aromatic nitrogens is 2. The van der Waals surface area contributed by atoms with E-state index in [0.29, 0.717) is 0 Å². The highest BCUT2D eigenvalue weighted by molar-refractivity contribution is 6.10. The third-order valence-corrected chi connectivity index (χ3v) is 13.7. The minimum Gasteiger partial charge on any atom is -0.311 e. The highest BCUT2D eigenvalue weighted by atomic mass is 15.1. The quantitative estimate of drug-likeness (QED) is 0.136. The fraction of sp³-hybridized carbons (Fsp3) is 0. The predicted molar refractivity (Wildman–Crippen MR) is 295 cm³/mol. The van der Waals surface area contributed by atoms with Crippen molar-refractivity contribution in [1.82, 2.24) is 9.13 Å². The molecule has 2 aromatic heterocycles. The normalized spacial score (nSPS) is 11.4. The third-order valence-electron chi connectivity index (χ3n) is 13.7. The van der Waals surface area contributed by atoms with Crippen molar-refractivity contribution in [3.05, 3.63) is 279 Å². The SMILES string of the molecule is c1ccc(N(c2ccccc2)c2ccc(-c3ccc(N(c4ccc(-c5ccc(-n6c7ccccc7c7ccccc76)cc5)cc4)c4ccc(-n5c6ccccc6c6ccccc65)cc4)cc3)cc2)cc1. The number of hydrogen-bond acceptors (Lipinski definition) is 2. The second-order valence-electron chi connectivity index (χ2n) is 17.8. The summed E-state index contributed by atoms with van der Waals surface area (Å²) in [5.41, 5.74) is 18.3. The van der Waals surface area contributed by atoms with E-state index in [1.165, 1.54) is 49.2 Å². The smallest absolute Gasteiger partial charge is 0.0541 e. The number of anilines is 6. The molecule has 13 rings (SSSR count). The highest BCUT2D eigenvalue weighted by Gasteiger charge is 2.18. The lowest BCUT2D eigenvalue weighted by Gasteiger charge is -2.26. The Bertz CT molecular complexity index is 3800. The molecule has 0 fully saturated rings. The lowest BCUT2D eigenvalue weighted by molar-refractivity contribution is 1.17. The molecule has 0 aliphatic heterocycles. The molecule has 11 aromatic carbocycles. The summed E-state index contributed by atoms with van der Waals surface area (Å²) in [6, 6.07) is 101. The van der Waals surface area contributed by atoms with Crippen molar-refractivity contribution in [2.24, 2.45) is 0 Å². The van der Waals surface area contributed by atoms with Gasteiger partial charge in [-0.05, 0) is 144 Å². The van der Waals surface area contributed by atoms with E-state index < -0.39 is 0 Å². The van der Waals surface area contributed by atoms with Crippen LogP contribution < -0.4 is 9.80 Å². The van der Waals surface area contributed by atoms with E-state index in [-0.39, 0.29) is 0 Å². The molecule has 0 radical (unpaired) electrons. The Labute approximate surface area is 407 Å². The fourth-order valence-electron chi connectivity index (χ4n) is 10.4. The third kappa shape index (κ3) is 7.18. The zero-order chi connectivity index (χ0) is 46.4. The first-order chi connectivity index (χ1) is 34.7. The number of nitrogens with zero attached hydrogens (tertiary/aromatic N) is 4. The standard InChI is InChI=1S/C66H46N4/c1-3-15-51(16-4-1)67(52-17-5-2-6-18-52)53-35-27-47(28-36-53)48-29-37-54(38-30-48)68(56-43-45-58(46-44-56)70-65-25-13-9-21-61(65)62-22-10-14-26-66(62)70)55-39-31-49(32-40-55)50-33-41-57(42-34-50)69-63-23-11-7-19-59(63)60-20-8-12-24-64(60)69/h1-46H. The van der Waals surface area contributed by atoms with Crippen molar-refractivity contribution in [2.75, 3.05) is 9.80 Å². The van der Waals surface area contributed by atoms with Gasteiger partial charge in [-0.2, -0.15) is 0 Å². The van der Waals surface area contributed by atoms with E-state index in [0.717, 1.165) is 62.2 Å². The van der Waals surface area contributed by atoms with E-state index in [4.69, 9.17) is 0 Å². The van der Waals surface area contributed by atoms with E-state index >= 15 is 0 Å². The number of hydrogen-bond donors (Lipinski definition) is 0. The molecule has 4 nitrogen and oxygen atoms in total. The Kier molecular flexibility index (Phi) is 10.1. The van der Waals surface area contributed by atoms with Crippen LogP contribution in [0.15, 0.2) is 279 Å². The second kappa shape index (κ2) is 17.4. The molecule has 2 heterocycles. The first kappa shape index (κ1) is 40.9. The number of benzene rings is 11. The van der Waals surface area contributed by atoms with Gasteiger partial charge in [0, 0.05) is 67.0 Å². The lowest BCUT2D eigenvalue weighted by atomic mass is 10.0. The van der Waals surface area contributed by atoms with Gasteiger partial charge in [-0.25, -0.2) is 0 Å². The van der Waals surface area contributed by atoms with Crippen molar-refractivity contribution in [3.63, 3.8) is 0 Å². The number of para-hydroxylation sites is 6. The monoisotopic (exact) mass is 894 g/mol. The zero-order valence-electron chi connectivity index (χ0n) is 38.3. The van der Waals surface area contributed by atoms with Gasteiger partial charge in [-0.1, -0.05) is 158 Å². The number of rotatable bonds is 10. The van der Waals surface area contributed by atoms with Crippen LogP contribution in [0.25, 0.3) is 77.2 Å². The molecule has 0 bridgehead atoms. The molecule has 0 amide bonds. The van der Waals surface area contributed by atoms with Gasteiger partial charge in [0.2, 0.25) is 0 Å². The molecule has 0 saturated carbocycles. The summed E-state index contributed by atoms with van der Waals surface area (Å²) in [5.74, 6) is 0. The Balaban J connectivity index is 0.844. The van der Waals surface area contributed by atoms with Gasteiger partial charge in [0.25, 0.3) is 0 Å². The Morgan fingerprint density at radius 1 is 0.186 bits per heavy atom. The maximum Gasteiger partial charge on any atom is 0.0541 e. The summed E-state index contributed by atoms with van der Waals surface area (Å²) < 4.78 is 4.74. The van der Waals surface area contributed by atoms with E-state index in [1.807, 2.05) is 0 Å². The van der Waals surface area contributed by atoms with Gasteiger partial charge in [-0.3, -0.25) is 0 Å². The van der Waals surface area contributed by atoms with Gasteiger partial charge >= 0.3 is 0 Å². The predicted octanol–water partition coefficient (Wildman–Crippen LogP) is 18.2. The fourth-order valence-corrected chi connectivity index (χ4v) is 10.4. The summed E-state index contributed by atoms with van der Waals surface area (Å²) in [6.07, 6.45) is 0. The van der Waals surface area contributed by atoms with Gasteiger partial charge in [0.05, 0.1) is 22.1 Å². The first-order valence-corrected chi connectivity index (χ1v) is 23.9. The molecule has 4 heteroatoms. The minimum atomic E-state index is 1.08. The molecule has 0 aliphatic carbocycles. The van der Waals surface area contributed by atoms with Crippen molar-refractivity contribution >= 4 is 77.7 Å². The van der Waals surface area contributed by atoms with Crippen molar-refractivity contribution in [2.45, 2.75) is 0 Å². The average Bonchev–Trinajstić information content (AvgIpc) is 3.96. The largest absolute Gasteiger partial charge is 0.311 e. The first-order valence-electron chi connectivity index (χ1n) is 23.9. The lowest BCUT2D eigenvalue weighted by Crippen LogP contribution is -2.10. The molecular weight excluding hydrogens is 849 g/mol. The van der Waals surface area contributed by atoms with Crippen LogP contribution in [0.2, 0.25) is 0 Å². The average molecular weight is 895 g/mol. The summed E-state index contributed by atoms with van der Waals surface area (Å²) in [7, 11) is 0. The molecule has 0 atom stereocenters. The molecule has 0 spiro atoms. The minimum absolute atomic E-state index is 1.08. The highest BCUT2D eigenvalue weighted by Crippen LogP contribution is 2.41. The van der Waals surface area contributed by atoms with Crippen molar-refractivity contribution < 1.29 is 0 Å². The van der Waals surface area contributed by atoms with Crippen LogP contribution in [0, 0.1) is 0 Å². The van der Waals surface area contributed by atoms with Crippen molar-refractivity contribution in [1.29, 1.82) is 0 Å². The van der Waals surface area contributed by atoms with E-state index in [2.05, 4.69) is 298 Å². The molecular formula is C66H46N4. The van der Waals surface area contributed by atoms with Crippen LogP contribution >= 0.6 is 0 Å². The molecule has 330 valence electrons. The van der Waals surface area contributed by atoms with E-state index in [1.54, 1.807) is 0 Å². The second-order valence-corrected chi connectivity index (χ2v) is 17.8. The van der Waals surface area contributed by atoms with Gasteiger partial charge < -0.3 is 18.9 Å². The van der Waals surface area contributed by atoms with E-state index in [9.17, 15) is 0 Å². The maximum atomic E-state index is 2.37. The Morgan fingerprint density at radius 3 is 0.700 bits per heavy atom. The van der Waals surface area contributed by atoms with Crippen LogP contribution in [0.1, 0.15) is 0 Å². The van der Waals surface area contributed by atoms with Crippen LogP contribution in [-0.4, -0.2) is 9.13 Å². The van der Waals surface area contributed by atoms with Crippen molar-refractivity contribution in [3.8, 4) is 33.6 Å². The van der Waals surface area contributed by atoms with Gasteiger partial charge in [0.1, 0.15) is 0 Å². The molecule has 0 saturated heterocycles. The molecule has 0 aliphatic rings. The Morgan fingerprint density at radius 2 is 0.400 bits per heavy atom. The molecule has 0 N–H and O–H groups in total. The van der Waals surface area contributed by atoms with Gasteiger partial charge in [-0.15, -0.1) is 0 Å². The summed E-state index contributed by atoms with van der Waals surface area (Å²) in [5, 5.41) is 5.04. The summed E-state index contributed by atoms with van der Waals surface area (Å²) >= 11 is 0. The van der Waals surface area contributed by atoms with Crippen LogP contribution in [0.4, 0.5) is 34.1 Å². The summed E-state index contributed by atoms with van der Waals surface area (Å²) in [4.78, 5) is 4.65.